The van der Waals surface area contributed by atoms with Crippen LogP contribution in [0.25, 0.3) is 0 Å². The van der Waals surface area contributed by atoms with Gasteiger partial charge in [0.15, 0.2) is 11.5 Å². The number of carbonyl (C=O) groups is 1. The molecular formula is C16H21NO4. The van der Waals surface area contributed by atoms with E-state index in [0.29, 0.717) is 24.9 Å². The molecule has 21 heavy (non-hydrogen) atoms. The van der Waals surface area contributed by atoms with E-state index in [1.165, 1.54) is 6.07 Å². The van der Waals surface area contributed by atoms with Gasteiger partial charge in [0, 0.05) is 36.4 Å². The van der Waals surface area contributed by atoms with Crippen LogP contribution < -0.4 is 5.32 Å². The summed E-state index contributed by atoms with van der Waals surface area (Å²) in [6.45, 7) is 4.13. The lowest BCUT2D eigenvalue weighted by Gasteiger charge is -2.47. The first-order chi connectivity index (χ1) is 9.82. The Morgan fingerprint density at radius 1 is 1.33 bits per heavy atom. The highest BCUT2D eigenvalue weighted by atomic mass is 16.3. The van der Waals surface area contributed by atoms with Crippen molar-refractivity contribution in [2.24, 2.45) is 0 Å². The van der Waals surface area contributed by atoms with Crippen molar-refractivity contribution < 1.29 is 20.1 Å². The molecule has 1 saturated heterocycles. The van der Waals surface area contributed by atoms with Gasteiger partial charge in [0.05, 0.1) is 5.60 Å². The third kappa shape index (κ3) is 1.74. The average Bonchev–Trinajstić information content (AvgIpc) is 2.69. The van der Waals surface area contributed by atoms with E-state index >= 15 is 0 Å². The van der Waals surface area contributed by atoms with E-state index in [0.717, 1.165) is 5.56 Å². The molecule has 3 atom stereocenters. The molecule has 1 aromatic carbocycles. The minimum Gasteiger partial charge on any atom is -0.504 e. The summed E-state index contributed by atoms with van der Waals surface area (Å²) in [5, 5.41) is 34.7. The largest absolute Gasteiger partial charge is 0.504 e. The molecular weight excluding hydrogens is 270 g/mol. The number of aromatic hydroxyl groups is 2. The lowest BCUT2D eigenvalue weighted by Crippen LogP contribution is -2.58. The molecule has 1 saturated carbocycles. The number of fused-ring (bicyclic) bond motifs is 1. The van der Waals surface area contributed by atoms with Gasteiger partial charge >= 0.3 is 0 Å². The van der Waals surface area contributed by atoms with Crippen molar-refractivity contribution in [1.29, 1.82) is 0 Å². The van der Waals surface area contributed by atoms with Crippen molar-refractivity contribution in [2.45, 2.75) is 50.2 Å². The number of hydrogen-bond acceptors (Lipinski definition) is 5. The number of phenolic OH excluding ortho intramolecular Hbond substituents is 2. The Kier molecular flexibility index (Phi) is 3.04. The van der Waals surface area contributed by atoms with Crippen molar-refractivity contribution in [3.05, 3.63) is 23.3 Å². The smallest absolute Gasteiger partial charge is 0.161 e. The van der Waals surface area contributed by atoms with Crippen LogP contribution in [0.5, 0.6) is 11.5 Å². The molecule has 2 fully saturated rings. The second kappa shape index (κ2) is 4.45. The van der Waals surface area contributed by atoms with Gasteiger partial charge in [-0.2, -0.15) is 0 Å². The summed E-state index contributed by atoms with van der Waals surface area (Å²) in [5.41, 5.74) is -0.713. The Labute approximate surface area is 123 Å². The number of carbonyl (C=O) groups excluding carboxylic acids is 1. The third-order valence-electron chi connectivity index (χ3n) is 5.38. The molecule has 2 aliphatic rings. The maximum atomic E-state index is 12.1. The van der Waals surface area contributed by atoms with Crippen molar-refractivity contribution in [3.8, 4) is 11.5 Å². The number of phenols is 2. The maximum absolute atomic E-state index is 12.1. The predicted molar refractivity (Wildman–Crippen MR) is 77.5 cm³/mol. The summed E-state index contributed by atoms with van der Waals surface area (Å²) in [4.78, 5) is 12.1. The molecule has 1 aromatic rings. The fourth-order valence-corrected chi connectivity index (χ4v) is 4.17. The van der Waals surface area contributed by atoms with Crippen LogP contribution in [0.1, 0.15) is 37.3 Å². The van der Waals surface area contributed by atoms with E-state index in [-0.39, 0.29) is 29.7 Å². The van der Waals surface area contributed by atoms with Gasteiger partial charge in [-0.1, -0.05) is 6.07 Å². The Morgan fingerprint density at radius 3 is 2.76 bits per heavy atom. The number of aryl methyl sites for hydroxylation is 1. The summed E-state index contributed by atoms with van der Waals surface area (Å²) >= 11 is 0. The summed E-state index contributed by atoms with van der Waals surface area (Å²) < 4.78 is 0. The van der Waals surface area contributed by atoms with Gasteiger partial charge in [0.1, 0.15) is 5.78 Å². The molecule has 0 bridgehead atoms. The Morgan fingerprint density at radius 2 is 2.05 bits per heavy atom. The summed E-state index contributed by atoms with van der Waals surface area (Å²) in [5.74, 6) is -0.360. The quantitative estimate of drug-likeness (QED) is 0.582. The van der Waals surface area contributed by atoms with Crippen LogP contribution >= 0.6 is 0 Å². The fourth-order valence-electron chi connectivity index (χ4n) is 4.17. The van der Waals surface area contributed by atoms with Crippen molar-refractivity contribution in [2.75, 3.05) is 6.54 Å². The molecule has 5 heteroatoms. The molecule has 4 N–H and O–H groups in total. The normalized spacial score (nSPS) is 35.8. The zero-order valence-corrected chi connectivity index (χ0v) is 12.3. The highest BCUT2D eigenvalue weighted by Crippen LogP contribution is 2.54. The van der Waals surface area contributed by atoms with Crippen LogP contribution in [0.4, 0.5) is 0 Å². The van der Waals surface area contributed by atoms with E-state index in [2.05, 4.69) is 5.32 Å². The van der Waals surface area contributed by atoms with Crippen molar-refractivity contribution >= 4 is 5.78 Å². The number of Topliss-reactive ketones (excluding diaryl/α,β-unsaturated/α-hetero) is 1. The van der Waals surface area contributed by atoms with Gasteiger partial charge in [-0.3, -0.25) is 4.79 Å². The molecule has 0 radical (unpaired) electrons. The first-order valence-corrected chi connectivity index (χ1v) is 7.31. The van der Waals surface area contributed by atoms with E-state index in [1.54, 1.807) is 6.07 Å². The molecule has 114 valence electrons. The molecule has 1 unspecified atom stereocenters. The highest BCUT2D eigenvalue weighted by Gasteiger charge is 2.62. The Hall–Kier alpha value is -1.59. The number of nitrogens with one attached hydrogen (secondary N) is 1. The van der Waals surface area contributed by atoms with Crippen LogP contribution in [0.15, 0.2) is 12.1 Å². The van der Waals surface area contributed by atoms with E-state index in [9.17, 15) is 20.1 Å². The average molecular weight is 291 g/mol. The SMILES string of the molecule is Cc1ccc(O)c(O)c1[C@]12CNC(C)[C@]1(O)CCC(=O)C2. The minimum absolute atomic E-state index is 0.0812. The number of aliphatic hydroxyl groups is 1. The molecule has 1 heterocycles. The van der Waals surface area contributed by atoms with E-state index in [1.807, 2.05) is 13.8 Å². The molecule has 0 spiro atoms. The number of hydrogen-bond donors (Lipinski definition) is 4. The molecule has 1 aliphatic carbocycles. The highest BCUT2D eigenvalue weighted by molar-refractivity contribution is 5.83. The zero-order valence-electron chi connectivity index (χ0n) is 12.3. The molecule has 0 aromatic heterocycles. The molecule has 1 aliphatic heterocycles. The fraction of sp³-hybridized carbons (Fsp3) is 0.562. The topological polar surface area (TPSA) is 89.8 Å². The van der Waals surface area contributed by atoms with Gasteiger partial charge in [-0.25, -0.2) is 0 Å². The van der Waals surface area contributed by atoms with Gasteiger partial charge in [0.25, 0.3) is 0 Å². The third-order valence-corrected chi connectivity index (χ3v) is 5.38. The van der Waals surface area contributed by atoms with E-state index < -0.39 is 11.0 Å². The number of rotatable bonds is 1. The van der Waals surface area contributed by atoms with Crippen molar-refractivity contribution in [1.82, 2.24) is 5.32 Å². The Balaban J connectivity index is 2.27. The van der Waals surface area contributed by atoms with Crippen LogP contribution in [0, 0.1) is 6.92 Å². The minimum atomic E-state index is -1.10. The Bertz CT molecular complexity index is 615. The van der Waals surface area contributed by atoms with Crippen LogP contribution in [-0.4, -0.2) is 39.3 Å². The lowest BCUT2D eigenvalue weighted by atomic mass is 9.58. The van der Waals surface area contributed by atoms with Gasteiger partial charge in [0.2, 0.25) is 0 Å². The first-order valence-electron chi connectivity index (χ1n) is 7.31. The van der Waals surface area contributed by atoms with E-state index in [4.69, 9.17) is 0 Å². The summed E-state index contributed by atoms with van der Waals surface area (Å²) in [7, 11) is 0. The van der Waals surface area contributed by atoms with Crippen molar-refractivity contribution in [3.63, 3.8) is 0 Å². The standard InChI is InChI=1S/C16H21NO4/c1-9-3-4-12(19)14(20)13(9)15-7-11(18)5-6-16(15,21)10(2)17-8-15/h3-4,10,17,19-21H,5-8H2,1-2H3/t10?,15-,16+/m0/s1. The number of benzene rings is 1. The van der Waals surface area contributed by atoms with Gasteiger partial charge in [-0.05, 0) is 31.9 Å². The predicted octanol–water partition coefficient (Wildman–Crippen LogP) is 1.12. The molecule has 5 nitrogen and oxygen atoms in total. The number of ketones is 1. The lowest BCUT2D eigenvalue weighted by molar-refractivity contribution is -0.132. The summed E-state index contributed by atoms with van der Waals surface area (Å²) in [6.07, 6.45) is 0.899. The second-order valence-corrected chi connectivity index (χ2v) is 6.45. The monoisotopic (exact) mass is 291 g/mol. The zero-order chi connectivity index (χ0) is 15.4. The van der Waals surface area contributed by atoms with Crippen LogP contribution in [-0.2, 0) is 10.2 Å². The van der Waals surface area contributed by atoms with Gasteiger partial charge in [-0.15, -0.1) is 0 Å². The van der Waals surface area contributed by atoms with Crippen LogP contribution in [0.2, 0.25) is 0 Å². The summed E-state index contributed by atoms with van der Waals surface area (Å²) in [6, 6.07) is 2.97. The van der Waals surface area contributed by atoms with Gasteiger partial charge < -0.3 is 20.6 Å². The maximum Gasteiger partial charge on any atom is 0.161 e. The molecule has 0 amide bonds. The van der Waals surface area contributed by atoms with Crippen LogP contribution in [0.3, 0.4) is 0 Å². The molecule has 3 rings (SSSR count). The first kappa shape index (κ1) is 14.4. The second-order valence-electron chi connectivity index (χ2n) is 6.45.